The Balaban J connectivity index is 2.33. The second-order valence-electron chi connectivity index (χ2n) is 4.27. The van der Waals surface area contributed by atoms with Crippen LogP contribution in [-0.2, 0) is 0 Å². The van der Waals surface area contributed by atoms with Crippen LogP contribution in [0.5, 0.6) is 0 Å². The van der Waals surface area contributed by atoms with Crippen molar-refractivity contribution in [2.75, 3.05) is 5.32 Å². The van der Waals surface area contributed by atoms with E-state index in [4.69, 9.17) is 28.3 Å². The number of hydrogen-bond donors (Lipinski definition) is 2. The van der Waals surface area contributed by atoms with Crippen LogP contribution >= 0.6 is 23.2 Å². The quantitative estimate of drug-likeness (QED) is 0.844. The van der Waals surface area contributed by atoms with Crippen LogP contribution in [0.15, 0.2) is 30.3 Å². The van der Waals surface area contributed by atoms with Crippen molar-refractivity contribution in [1.29, 1.82) is 0 Å². The average Bonchev–Trinajstić information content (AvgIpc) is 2.39. The van der Waals surface area contributed by atoms with E-state index in [-0.39, 0.29) is 21.4 Å². The van der Waals surface area contributed by atoms with Crippen molar-refractivity contribution in [2.45, 2.75) is 6.92 Å². The zero-order chi connectivity index (χ0) is 15.6. The third-order valence-electron chi connectivity index (χ3n) is 2.64. The number of amides is 1. The summed E-state index contributed by atoms with van der Waals surface area (Å²) in [6.07, 6.45) is 0. The largest absolute Gasteiger partial charge is 0.478 e. The van der Waals surface area contributed by atoms with E-state index in [1.165, 1.54) is 24.3 Å². The lowest BCUT2D eigenvalue weighted by molar-refractivity contribution is 0.0698. The van der Waals surface area contributed by atoms with E-state index in [1.54, 1.807) is 13.0 Å². The van der Waals surface area contributed by atoms with Crippen molar-refractivity contribution in [3.05, 3.63) is 57.3 Å². The van der Waals surface area contributed by atoms with Gasteiger partial charge in [-0.3, -0.25) is 4.79 Å². The summed E-state index contributed by atoms with van der Waals surface area (Å²) in [4.78, 5) is 27.3. The van der Waals surface area contributed by atoms with Crippen molar-refractivity contribution < 1.29 is 14.7 Å². The van der Waals surface area contributed by atoms with Gasteiger partial charge in [0.1, 0.15) is 5.15 Å². The molecule has 0 saturated heterocycles. The number of halogens is 2. The van der Waals surface area contributed by atoms with Gasteiger partial charge in [-0.15, -0.1) is 0 Å². The molecular weight excluding hydrogens is 315 g/mol. The molecule has 0 fully saturated rings. The fourth-order valence-electron chi connectivity index (χ4n) is 1.76. The SMILES string of the molecule is Cc1cc(C(=O)Nc2ccc(Cl)cc2C(=O)O)cc(Cl)n1. The highest BCUT2D eigenvalue weighted by molar-refractivity contribution is 6.31. The Morgan fingerprint density at radius 1 is 1.19 bits per heavy atom. The average molecular weight is 325 g/mol. The third kappa shape index (κ3) is 3.71. The van der Waals surface area contributed by atoms with Gasteiger partial charge < -0.3 is 10.4 Å². The molecule has 0 saturated carbocycles. The lowest BCUT2D eigenvalue weighted by atomic mass is 10.1. The summed E-state index contributed by atoms with van der Waals surface area (Å²) in [6, 6.07) is 7.15. The first kappa shape index (κ1) is 15.3. The van der Waals surface area contributed by atoms with Crippen LogP contribution in [0.25, 0.3) is 0 Å². The van der Waals surface area contributed by atoms with Gasteiger partial charge in [0.2, 0.25) is 0 Å². The van der Waals surface area contributed by atoms with E-state index in [2.05, 4.69) is 10.3 Å². The Morgan fingerprint density at radius 3 is 2.52 bits per heavy atom. The van der Waals surface area contributed by atoms with Crippen LogP contribution in [0.3, 0.4) is 0 Å². The van der Waals surface area contributed by atoms with Gasteiger partial charge in [0.15, 0.2) is 0 Å². The summed E-state index contributed by atoms with van der Waals surface area (Å²) in [5.41, 5.74) is 0.941. The molecule has 108 valence electrons. The van der Waals surface area contributed by atoms with E-state index >= 15 is 0 Å². The molecule has 2 rings (SSSR count). The number of anilines is 1. The molecule has 0 aliphatic heterocycles. The Labute approximate surface area is 130 Å². The predicted molar refractivity (Wildman–Crippen MR) is 80.3 cm³/mol. The Hall–Kier alpha value is -2.11. The van der Waals surface area contributed by atoms with E-state index in [0.717, 1.165) is 0 Å². The number of pyridine rings is 1. The minimum atomic E-state index is -1.18. The summed E-state index contributed by atoms with van der Waals surface area (Å²) in [7, 11) is 0. The highest BCUT2D eigenvalue weighted by Gasteiger charge is 2.15. The van der Waals surface area contributed by atoms with Crippen molar-refractivity contribution in [1.82, 2.24) is 4.98 Å². The minimum absolute atomic E-state index is 0.0901. The number of carboxylic acids is 1. The van der Waals surface area contributed by atoms with Crippen molar-refractivity contribution in [2.24, 2.45) is 0 Å². The Kier molecular flexibility index (Phi) is 4.45. The lowest BCUT2D eigenvalue weighted by Crippen LogP contribution is -2.15. The van der Waals surface area contributed by atoms with Crippen LogP contribution in [0.4, 0.5) is 5.69 Å². The van der Waals surface area contributed by atoms with Crippen molar-refractivity contribution in [3.8, 4) is 0 Å². The fourth-order valence-corrected chi connectivity index (χ4v) is 2.18. The van der Waals surface area contributed by atoms with E-state index in [9.17, 15) is 9.59 Å². The maximum Gasteiger partial charge on any atom is 0.337 e. The topological polar surface area (TPSA) is 79.3 Å². The molecule has 0 radical (unpaired) electrons. The van der Waals surface area contributed by atoms with Gasteiger partial charge in [-0.1, -0.05) is 23.2 Å². The van der Waals surface area contributed by atoms with Crippen LogP contribution in [0, 0.1) is 6.92 Å². The zero-order valence-electron chi connectivity index (χ0n) is 10.9. The van der Waals surface area contributed by atoms with Gasteiger partial charge in [-0.2, -0.15) is 0 Å². The summed E-state index contributed by atoms with van der Waals surface area (Å²) < 4.78 is 0. The number of aryl methyl sites for hydroxylation is 1. The van der Waals surface area contributed by atoms with Gasteiger partial charge in [0, 0.05) is 16.3 Å². The normalized spacial score (nSPS) is 10.2. The number of aromatic carboxylic acids is 1. The fraction of sp³-hybridized carbons (Fsp3) is 0.0714. The molecule has 2 aromatic rings. The van der Waals surface area contributed by atoms with Crippen molar-refractivity contribution in [3.63, 3.8) is 0 Å². The molecule has 1 heterocycles. The van der Waals surface area contributed by atoms with Crippen LogP contribution < -0.4 is 5.32 Å². The number of carboxylic acid groups (broad SMARTS) is 1. The first-order valence-corrected chi connectivity index (χ1v) is 6.61. The monoisotopic (exact) mass is 324 g/mol. The van der Waals surface area contributed by atoms with Crippen LogP contribution in [-0.4, -0.2) is 22.0 Å². The van der Waals surface area contributed by atoms with Crippen LogP contribution in [0.1, 0.15) is 26.4 Å². The number of aromatic nitrogens is 1. The first-order chi connectivity index (χ1) is 9.86. The number of nitrogens with zero attached hydrogens (tertiary/aromatic N) is 1. The molecule has 0 atom stereocenters. The second-order valence-corrected chi connectivity index (χ2v) is 5.09. The second kappa shape index (κ2) is 6.11. The van der Waals surface area contributed by atoms with E-state index in [1.807, 2.05) is 0 Å². The van der Waals surface area contributed by atoms with Crippen molar-refractivity contribution >= 4 is 40.8 Å². The molecule has 7 heteroatoms. The number of benzene rings is 1. The molecule has 0 spiro atoms. The molecule has 0 aliphatic carbocycles. The molecule has 1 amide bonds. The summed E-state index contributed by atoms with van der Waals surface area (Å²) in [5.74, 6) is -1.66. The number of carbonyl (C=O) groups excluding carboxylic acids is 1. The molecule has 1 aromatic heterocycles. The number of nitrogens with one attached hydrogen (secondary N) is 1. The minimum Gasteiger partial charge on any atom is -0.478 e. The van der Waals surface area contributed by atoms with Gasteiger partial charge in [0.05, 0.1) is 11.3 Å². The zero-order valence-corrected chi connectivity index (χ0v) is 12.4. The molecule has 0 bridgehead atoms. The van der Waals surface area contributed by atoms with E-state index < -0.39 is 11.9 Å². The first-order valence-electron chi connectivity index (χ1n) is 5.85. The van der Waals surface area contributed by atoms with E-state index in [0.29, 0.717) is 11.3 Å². The smallest absolute Gasteiger partial charge is 0.337 e. The number of rotatable bonds is 3. The molecule has 1 aromatic carbocycles. The summed E-state index contributed by atoms with van der Waals surface area (Å²) in [5, 5.41) is 12.1. The highest BCUT2D eigenvalue weighted by Crippen LogP contribution is 2.22. The Bertz CT molecular complexity index is 712. The molecule has 21 heavy (non-hydrogen) atoms. The molecule has 2 N–H and O–H groups in total. The lowest BCUT2D eigenvalue weighted by Gasteiger charge is -2.09. The van der Waals surface area contributed by atoms with Gasteiger partial charge in [-0.05, 0) is 37.3 Å². The summed E-state index contributed by atoms with van der Waals surface area (Å²) >= 11 is 11.6. The standard InChI is InChI=1S/C14H10Cl2N2O3/c1-7-4-8(5-12(16)17-7)13(19)18-11-3-2-9(15)6-10(11)14(20)21/h2-6H,1H3,(H,18,19)(H,20,21). The molecule has 0 aliphatic rings. The maximum atomic E-state index is 12.2. The third-order valence-corrected chi connectivity index (χ3v) is 3.07. The molecule has 5 nitrogen and oxygen atoms in total. The molecule has 0 unspecified atom stereocenters. The number of hydrogen-bond acceptors (Lipinski definition) is 3. The summed E-state index contributed by atoms with van der Waals surface area (Å²) in [6.45, 7) is 1.70. The predicted octanol–water partition coefficient (Wildman–Crippen LogP) is 3.65. The number of carbonyl (C=O) groups is 2. The highest BCUT2D eigenvalue weighted by atomic mass is 35.5. The molecular formula is C14H10Cl2N2O3. The van der Waals surface area contributed by atoms with Crippen LogP contribution in [0.2, 0.25) is 10.2 Å². The Morgan fingerprint density at radius 2 is 1.90 bits per heavy atom. The maximum absolute atomic E-state index is 12.2. The van der Waals surface area contributed by atoms with Gasteiger partial charge in [0.25, 0.3) is 5.91 Å². The van der Waals surface area contributed by atoms with Gasteiger partial charge in [-0.25, -0.2) is 9.78 Å². The van der Waals surface area contributed by atoms with Gasteiger partial charge >= 0.3 is 5.97 Å².